The van der Waals surface area contributed by atoms with Gasteiger partial charge in [0, 0.05) is 31.8 Å². The summed E-state index contributed by atoms with van der Waals surface area (Å²) in [6.45, 7) is 7.29. The van der Waals surface area contributed by atoms with Gasteiger partial charge in [-0.05, 0) is 43.2 Å². The first kappa shape index (κ1) is 20.1. The summed E-state index contributed by atoms with van der Waals surface area (Å²) in [4.78, 5) is 22.2. The molecule has 2 aromatic rings. The average molecular weight is 416 g/mol. The Morgan fingerprint density at radius 3 is 2.79 bits per heavy atom. The van der Waals surface area contributed by atoms with Crippen molar-refractivity contribution in [2.75, 3.05) is 38.3 Å². The van der Waals surface area contributed by atoms with Gasteiger partial charge in [-0.25, -0.2) is 4.98 Å². The number of methoxy groups -OCH3 is 1. The van der Waals surface area contributed by atoms with E-state index in [4.69, 9.17) is 26.1 Å². The summed E-state index contributed by atoms with van der Waals surface area (Å²) in [6.07, 6.45) is 0.0320. The fraction of sp³-hybridized carbons (Fsp3) is 0.455. The van der Waals surface area contributed by atoms with E-state index in [0.29, 0.717) is 24.8 Å². The molecule has 154 valence electrons. The van der Waals surface area contributed by atoms with Crippen molar-refractivity contribution in [3.8, 4) is 0 Å². The highest BCUT2D eigenvalue weighted by Gasteiger charge is 2.37. The SMILES string of the molecule is COC[C@@H]1CN(c2cc(C)c3c(n2)C(C)N(Cc2ccc(Cl)cc2)C3=O)CCO1. The predicted molar refractivity (Wildman–Crippen MR) is 113 cm³/mol. The van der Waals surface area contributed by atoms with Gasteiger partial charge >= 0.3 is 0 Å². The molecule has 6 nitrogen and oxygen atoms in total. The number of nitrogens with zero attached hydrogens (tertiary/aromatic N) is 3. The van der Waals surface area contributed by atoms with Crippen molar-refractivity contribution in [3.05, 3.63) is 57.7 Å². The minimum absolute atomic E-state index is 0.0320. The number of carbonyl (C=O) groups excluding carboxylic acids is 1. The number of aromatic nitrogens is 1. The molecule has 1 aromatic heterocycles. The molecular weight excluding hydrogens is 390 g/mol. The van der Waals surface area contributed by atoms with E-state index in [0.717, 1.165) is 41.3 Å². The minimum Gasteiger partial charge on any atom is -0.382 e. The van der Waals surface area contributed by atoms with E-state index in [-0.39, 0.29) is 18.1 Å². The molecule has 0 radical (unpaired) electrons. The zero-order chi connectivity index (χ0) is 20.5. The van der Waals surface area contributed by atoms with E-state index in [1.54, 1.807) is 7.11 Å². The Morgan fingerprint density at radius 2 is 2.07 bits per heavy atom. The number of amides is 1. The quantitative estimate of drug-likeness (QED) is 0.746. The van der Waals surface area contributed by atoms with Gasteiger partial charge in [-0.1, -0.05) is 23.7 Å². The maximum absolute atomic E-state index is 13.1. The molecule has 3 heterocycles. The number of benzene rings is 1. The first-order chi connectivity index (χ1) is 14.0. The third-order valence-corrected chi connectivity index (χ3v) is 5.90. The monoisotopic (exact) mass is 415 g/mol. The van der Waals surface area contributed by atoms with E-state index in [1.807, 2.05) is 49.1 Å². The highest BCUT2D eigenvalue weighted by Crippen LogP contribution is 2.37. The lowest BCUT2D eigenvalue weighted by Gasteiger charge is -2.33. The van der Waals surface area contributed by atoms with Crippen molar-refractivity contribution in [1.82, 2.24) is 9.88 Å². The molecule has 0 bridgehead atoms. The molecule has 0 saturated carbocycles. The van der Waals surface area contributed by atoms with Crippen LogP contribution in [0, 0.1) is 6.92 Å². The van der Waals surface area contributed by atoms with Crippen LogP contribution < -0.4 is 4.90 Å². The highest BCUT2D eigenvalue weighted by molar-refractivity contribution is 6.30. The van der Waals surface area contributed by atoms with Crippen molar-refractivity contribution >= 4 is 23.3 Å². The summed E-state index contributed by atoms with van der Waals surface area (Å²) in [5.74, 6) is 0.942. The van der Waals surface area contributed by atoms with Gasteiger partial charge in [0.05, 0.1) is 36.6 Å². The van der Waals surface area contributed by atoms with E-state index in [2.05, 4.69) is 4.90 Å². The summed E-state index contributed by atoms with van der Waals surface area (Å²) < 4.78 is 11.0. The van der Waals surface area contributed by atoms with E-state index in [1.165, 1.54) is 0 Å². The maximum Gasteiger partial charge on any atom is 0.256 e. The molecule has 1 unspecified atom stereocenters. The molecule has 0 aliphatic carbocycles. The van der Waals surface area contributed by atoms with Crippen LogP contribution in [0.25, 0.3) is 0 Å². The van der Waals surface area contributed by atoms with Crippen molar-refractivity contribution < 1.29 is 14.3 Å². The number of ether oxygens (including phenoxy) is 2. The number of pyridine rings is 1. The summed E-state index contributed by atoms with van der Waals surface area (Å²) in [6, 6.07) is 9.56. The fourth-order valence-corrected chi connectivity index (χ4v) is 4.22. The van der Waals surface area contributed by atoms with Gasteiger partial charge in [-0.15, -0.1) is 0 Å². The van der Waals surface area contributed by atoms with Crippen LogP contribution in [0.15, 0.2) is 30.3 Å². The lowest BCUT2D eigenvalue weighted by molar-refractivity contribution is -0.0102. The first-order valence-electron chi connectivity index (χ1n) is 9.90. The number of fused-ring (bicyclic) bond motifs is 1. The molecule has 4 rings (SSSR count). The molecule has 1 saturated heterocycles. The maximum atomic E-state index is 13.1. The van der Waals surface area contributed by atoms with Crippen LogP contribution in [0.4, 0.5) is 5.82 Å². The largest absolute Gasteiger partial charge is 0.382 e. The standard InChI is InChI=1S/C22H26ClN3O3/c1-14-10-19(25-8-9-29-18(12-25)13-28-3)24-21-15(2)26(22(27)20(14)21)11-16-4-6-17(23)7-5-16/h4-7,10,15,18H,8-9,11-13H2,1-3H3/t15?,18-/m0/s1. The molecule has 29 heavy (non-hydrogen) atoms. The Labute approximate surface area is 176 Å². The van der Waals surface area contributed by atoms with E-state index < -0.39 is 0 Å². The van der Waals surface area contributed by atoms with Crippen molar-refractivity contribution in [2.24, 2.45) is 0 Å². The zero-order valence-electron chi connectivity index (χ0n) is 17.0. The molecule has 1 aromatic carbocycles. The molecule has 2 aliphatic heterocycles. The third-order valence-electron chi connectivity index (χ3n) is 5.65. The summed E-state index contributed by atoms with van der Waals surface area (Å²) in [5.41, 5.74) is 3.61. The molecule has 0 N–H and O–H groups in total. The van der Waals surface area contributed by atoms with Crippen LogP contribution in [0.1, 0.15) is 40.1 Å². The molecule has 2 atom stereocenters. The normalized spacial score (nSPS) is 21.6. The first-order valence-corrected chi connectivity index (χ1v) is 10.3. The van der Waals surface area contributed by atoms with E-state index in [9.17, 15) is 4.79 Å². The van der Waals surface area contributed by atoms with Crippen molar-refractivity contribution in [3.63, 3.8) is 0 Å². The van der Waals surface area contributed by atoms with Crippen molar-refractivity contribution in [1.29, 1.82) is 0 Å². The number of morpholine rings is 1. The van der Waals surface area contributed by atoms with Gasteiger partial charge in [0.15, 0.2) is 0 Å². The lowest BCUT2D eigenvalue weighted by atomic mass is 10.1. The molecule has 7 heteroatoms. The molecule has 0 spiro atoms. The van der Waals surface area contributed by atoms with Gasteiger partial charge in [0.25, 0.3) is 5.91 Å². The number of carbonyl (C=O) groups is 1. The number of hydrogen-bond acceptors (Lipinski definition) is 5. The third kappa shape index (κ3) is 3.97. The Kier molecular flexibility index (Phi) is 5.76. The van der Waals surface area contributed by atoms with Crippen LogP contribution in [0.5, 0.6) is 0 Å². The van der Waals surface area contributed by atoms with Gasteiger partial charge in [0.2, 0.25) is 0 Å². The fourth-order valence-electron chi connectivity index (χ4n) is 4.10. The smallest absolute Gasteiger partial charge is 0.256 e. The van der Waals surface area contributed by atoms with Crippen LogP contribution in [-0.4, -0.2) is 55.3 Å². The minimum atomic E-state index is -0.0809. The highest BCUT2D eigenvalue weighted by atomic mass is 35.5. The molecule has 2 aliphatic rings. The van der Waals surface area contributed by atoms with Crippen molar-refractivity contribution in [2.45, 2.75) is 32.5 Å². The second-order valence-corrected chi connectivity index (χ2v) is 8.12. The van der Waals surface area contributed by atoms with Gasteiger partial charge in [0.1, 0.15) is 5.82 Å². The van der Waals surface area contributed by atoms with E-state index >= 15 is 0 Å². The summed E-state index contributed by atoms with van der Waals surface area (Å²) in [7, 11) is 1.68. The second kappa shape index (κ2) is 8.30. The van der Waals surface area contributed by atoms with Crippen LogP contribution >= 0.6 is 11.6 Å². The number of hydrogen-bond donors (Lipinski definition) is 0. The number of halogens is 1. The summed E-state index contributed by atoms with van der Waals surface area (Å²) in [5, 5.41) is 0.692. The predicted octanol–water partition coefficient (Wildman–Crippen LogP) is 3.61. The Morgan fingerprint density at radius 1 is 1.31 bits per heavy atom. The number of rotatable bonds is 5. The van der Waals surface area contributed by atoms with Gasteiger partial charge in [-0.3, -0.25) is 4.79 Å². The molecular formula is C22H26ClN3O3. The van der Waals surface area contributed by atoms with Crippen LogP contribution in [0.2, 0.25) is 5.02 Å². The average Bonchev–Trinajstić information content (AvgIpc) is 2.95. The molecule has 1 fully saturated rings. The Balaban J connectivity index is 1.59. The number of aryl methyl sites for hydroxylation is 1. The van der Waals surface area contributed by atoms with Gasteiger partial charge in [-0.2, -0.15) is 0 Å². The Bertz CT molecular complexity index is 901. The summed E-state index contributed by atoms with van der Waals surface area (Å²) >= 11 is 5.99. The molecule has 1 amide bonds. The van der Waals surface area contributed by atoms with Gasteiger partial charge < -0.3 is 19.3 Å². The zero-order valence-corrected chi connectivity index (χ0v) is 17.8. The van der Waals surface area contributed by atoms with Crippen LogP contribution in [0.3, 0.4) is 0 Å². The topological polar surface area (TPSA) is 54.9 Å². The lowest BCUT2D eigenvalue weighted by Crippen LogP contribution is -2.44. The number of anilines is 1. The Hall–Kier alpha value is -2.15. The van der Waals surface area contributed by atoms with Crippen LogP contribution in [-0.2, 0) is 16.0 Å². The second-order valence-electron chi connectivity index (χ2n) is 7.69.